The lowest BCUT2D eigenvalue weighted by Crippen LogP contribution is -2.21. The molecule has 0 atom stereocenters. The first-order valence-electron chi connectivity index (χ1n) is 8.20. The van der Waals surface area contributed by atoms with Crippen molar-refractivity contribution in [2.75, 3.05) is 26.3 Å². The third-order valence-corrected chi connectivity index (χ3v) is 3.27. The van der Waals surface area contributed by atoms with E-state index in [0.29, 0.717) is 0 Å². The van der Waals surface area contributed by atoms with Gasteiger partial charge in [-0.05, 0) is 19.4 Å². The van der Waals surface area contributed by atoms with E-state index >= 15 is 0 Å². The van der Waals surface area contributed by atoms with Crippen LogP contribution in [0.3, 0.4) is 0 Å². The van der Waals surface area contributed by atoms with E-state index < -0.39 is 0 Å². The second-order valence-electron chi connectivity index (χ2n) is 5.19. The molecule has 0 aromatic carbocycles. The maximum atomic E-state index is 5.61. The molecule has 1 N–H and O–H groups in total. The lowest BCUT2D eigenvalue weighted by atomic mass is 10.1. The molecule has 0 fully saturated rings. The summed E-state index contributed by atoms with van der Waals surface area (Å²) in [7, 11) is 0. The predicted molar refractivity (Wildman–Crippen MR) is 81.2 cm³/mol. The molecule has 0 heterocycles. The molecule has 110 valence electrons. The van der Waals surface area contributed by atoms with Gasteiger partial charge in [-0.3, -0.25) is 0 Å². The van der Waals surface area contributed by atoms with E-state index in [1.165, 1.54) is 64.2 Å². The minimum atomic E-state index is 0.878. The van der Waals surface area contributed by atoms with E-state index in [2.05, 4.69) is 19.2 Å². The fraction of sp³-hybridized carbons (Fsp3) is 1.00. The molecule has 2 heteroatoms. The van der Waals surface area contributed by atoms with Gasteiger partial charge in [0.1, 0.15) is 0 Å². The average molecular weight is 257 g/mol. The Labute approximate surface area is 115 Å². The highest BCUT2D eigenvalue weighted by atomic mass is 16.5. The fourth-order valence-electron chi connectivity index (χ4n) is 2.03. The van der Waals surface area contributed by atoms with Crippen molar-refractivity contribution in [2.24, 2.45) is 0 Å². The van der Waals surface area contributed by atoms with Gasteiger partial charge < -0.3 is 10.1 Å². The summed E-state index contributed by atoms with van der Waals surface area (Å²) in [5.41, 5.74) is 0. The maximum Gasteiger partial charge on any atom is 0.0590 e. The van der Waals surface area contributed by atoms with Crippen molar-refractivity contribution in [2.45, 2.75) is 78.1 Å². The van der Waals surface area contributed by atoms with Gasteiger partial charge in [0.15, 0.2) is 0 Å². The maximum absolute atomic E-state index is 5.61. The van der Waals surface area contributed by atoms with E-state index in [1.807, 2.05) is 0 Å². The number of unbranched alkanes of at least 4 members (excludes halogenated alkanes) is 8. The number of ether oxygens (including phenoxy) is 1. The zero-order valence-electron chi connectivity index (χ0n) is 12.8. The van der Waals surface area contributed by atoms with E-state index in [1.54, 1.807) is 0 Å². The summed E-state index contributed by atoms with van der Waals surface area (Å²) in [6, 6.07) is 0. The molecule has 0 radical (unpaired) electrons. The van der Waals surface area contributed by atoms with Gasteiger partial charge in [-0.15, -0.1) is 0 Å². The normalized spacial score (nSPS) is 11.0. The van der Waals surface area contributed by atoms with Crippen LogP contribution in [-0.2, 0) is 4.74 Å². The molecular formula is C16H35NO. The molecule has 0 rings (SSSR count). The Bertz CT molecular complexity index is 123. The van der Waals surface area contributed by atoms with Crippen LogP contribution in [0, 0.1) is 0 Å². The molecule has 0 amide bonds. The molecule has 0 unspecified atom stereocenters. The minimum absolute atomic E-state index is 0.878. The fourth-order valence-corrected chi connectivity index (χ4v) is 2.03. The number of hydrogen-bond donors (Lipinski definition) is 1. The Morgan fingerprint density at radius 1 is 0.611 bits per heavy atom. The smallest absolute Gasteiger partial charge is 0.0590 e. The summed E-state index contributed by atoms with van der Waals surface area (Å²) >= 11 is 0. The third kappa shape index (κ3) is 15.9. The molecule has 0 aromatic heterocycles. The topological polar surface area (TPSA) is 21.3 Å². The largest absolute Gasteiger partial charge is 0.380 e. The van der Waals surface area contributed by atoms with Crippen molar-refractivity contribution >= 4 is 0 Å². The lowest BCUT2D eigenvalue weighted by Gasteiger charge is -2.06. The van der Waals surface area contributed by atoms with Gasteiger partial charge in [-0.1, -0.05) is 65.2 Å². The first-order chi connectivity index (χ1) is 8.91. The second kappa shape index (κ2) is 16.9. The van der Waals surface area contributed by atoms with Gasteiger partial charge in [0, 0.05) is 13.2 Å². The number of rotatable bonds is 15. The summed E-state index contributed by atoms with van der Waals surface area (Å²) in [6.45, 7) is 8.51. The van der Waals surface area contributed by atoms with Crippen LogP contribution in [0.25, 0.3) is 0 Å². The molecule has 0 spiro atoms. The van der Waals surface area contributed by atoms with E-state index in [4.69, 9.17) is 4.74 Å². The Kier molecular flexibility index (Phi) is 16.8. The SMILES string of the molecule is CCCCCCCCOCCNCCCCCC. The van der Waals surface area contributed by atoms with Gasteiger partial charge in [-0.2, -0.15) is 0 Å². The molecule has 0 bridgehead atoms. The van der Waals surface area contributed by atoms with Crippen LogP contribution in [0.4, 0.5) is 0 Å². The monoisotopic (exact) mass is 257 g/mol. The van der Waals surface area contributed by atoms with Gasteiger partial charge in [-0.25, -0.2) is 0 Å². The molecule has 0 aromatic rings. The number of hydrogen-bond acceptors (Lipinski definition) is 2. The third-order valence-electron chi connectivity index (χ3n) is 3.27. The summed E-state index contributed by atoms with van der Waals surface area (Å²) in [5.74, 6) is 0. The zero-order valence-corrected chi connectivity index (χ0v) is 12.8. The summed E-state index contributed by atoms with van der Waals surface area (Å²) in [6.07, 6.45) is 13.4. The van der Waals surface area contributed by atoms with Crippen molar-refractivity contribution < 1.29 is 4.74 Å². The second-order valence-corrected chi connectivity index (χ2v) is 5.19. The highest BCUT2D eigenvalue weighted by Gasteiger charge is 1.92. The van der Waals surface area contributed by atoms with Gasteiger partial charge in [0.05, 0.1) is 6.61 Å². The predicted octanol–water partition coefficient (Wildman–Crippen LogP) is 4.53. The van der Waals surface area contributed by atoms with E-state index in [-0.39, 0.29) is 0 Å². The lowest BCUT2D eigenvalue weighted by molar-refractivity contribution is 0.131. The molecule has 0 aliphatic rings. The Hall–Kier alpha value is -0.0800. The zero-order chi connectivity index (χ0) is 13.3. The van der Waals surface area contributed by atoms with Crippen molar-refractivity contribution in [3.05, 3.63) is 0 Å². The molecule has 0 aliphatic heterocycles. The molecule has 2 nitrogen and oxygen atoms in total. The minimum Gasteiger partial charge on any atom is -0.380 e. The molecule has 18 heavy (non-hydrogen) atoms. The highest BCUT2D eigenvalue weighted by Crippen LogP contribution is 2.04. The Morgan fingerprint density at radius 2 is 1.22 bits per heavy atom. The quantitative estimate of drug-likeness (QED) is 0.435. The molecule has 0 aliphatic carbocycles. The van der Waals surface area contributed by atoms with Crippen LogP contribution < -0.4 is 5.32 Å². The van der Waals surface area contributed by atoms with Crippen LogP contribution >= 0.6 is 0 Å². The van der Waals surface area contributed by atoms with Crippen LogP contribution in [0.1, 0.15) is 78.1 Å². The Balaban J connectivity index is 2.86. The standard InChI is InChI=1S/C16H35NO/c1-3-5-7-9-10-12-15-18-16-14-17-13-11-8-6-4-2/h17H,3-16H2,1-2H3. The summed E-state index contributed by atoms with van der Waals surface area (Å²) in [4.78, 5) is 0. The van der Waals surface area contributed by atoms with Crippen LogP contribution in [-0.4, -0.2) is 26.3 Å². The first-order valence-corrected chi connectivity index (χ1v) is 8.20. The van der Waals surface area contributed by atoms with Crippen LogP contribution in [0.5, 0.6) is 0 Å². The van der Waals surface area contributed by atoms with Crippen molar-refractivity contribution in [3.63, 3.8) is 0 Å². The summed E-state index contributed by atoms with van der Waals surface area (Å²) in [5, 5.41) is 3.44. The highest BCUT2D eigenvalue weighted by molar-refractivity contribution is 4.48. The number of nitrogens with one attached hydrogen (secondary N) is 1. The van der Waals surface area contributed by atoms with E-state index in [0.717, 1.165) is 26.3 Å². The van der Waals surface area contributed by atoms with Crippen molar-refractivity contribution in [1.82, 2.24) is 5.32 Å². The van der Waals surface area contributed by atoms with Gasteiger partial charge in [0.25, 0.3) is 0 Å². The first kappa shape index (κ1) is 17.9. The van der Waals surface area contributed by atoms with E-state index in [9.17, 15) is 0 Å². The average Bonchev–Trinajstić information content (AvgIpc) is 2.39. The van der Waals surface area contributed by atoms with Gasteiger partial charge in [0.2, 0.25) is 0 Å². The Morgan fingerprint density at radius 3 is 1.94 bits per heavy atom. The van der Waals surface area contributed by atoms with Gasteiger partial charge >= 0.3 is 0 Å². The molecule has 0 saturated heterocycles. The summed E-state index contributed by atoms with van der Waals surface area (Å²) < 4.78 is 5.61. The molecular weight excluding hydrogens is 222 g/mol. The van der Waals surface area contributed by atoms with Crippen LogP contribution in [0.15, 0.2) is 0 Å². The molecule has 0 saturated carbocycles. The van der Waals surface area contributed by atoms with Crippen molar-refractivity contribution in [3.8, 4) is 0 Å². The van der Waals surface area contributed by atoms with Crippen LogP contribution in [0.2, 0.25) is 0 Å². The van der Waals surface area contributed by atoms with Crippen molar-refractivity contribution in [1.29, 1.82) is 0 Å².